The first-order chi connectivity index (χ1) is 8.92. The predicted octanol–water partition coefficient (Wildman–Crippen LogP) is 3.49. The number of hydrogen-bond donors (Lipinski definition) is 2. The minimum atomic E-state index is -0.685. The molecular formula is C15H24BrNO2. The van der Waals surface area contributed by atoms with Gasteiger partial charge in [-0.15, -0.1) is 0 Å². The molecule has 0 unspecified atom stereocenters. The summed E-state index contributed by atoms with van der Waals surface area (Å²) in [6, 6.07) is 6.02. The van der Waals surface area contributed by atoms with Crippen LogP contribution in [0.5, 0.6) is 5.75 Å². The minimum Gasteiger partial charge on any atom is -0.493 e. The first-order valence-corrected chi connectivity index (χ1v) is 7.56. The van der Waals surface area contributed by atoms with Crippen LogP contribution in [0.1, 0.15) is 39.2 Å². The molecule has 0 aromatic heterocycles. The van der Waals surface area contributed by atoms with Crippen LogP contribution in [0.3, 0.4) is 0 Å². The van der Waals surface area contributed by atoms with Gasteiger partial charge in [-0.25, -0.2) is 0 Å². The Morgan fingerprint density at radius 1 is 1.37 bits per heavy atom. The Morgan fingerprint density at radius 2 is 2.11 bits per heavy atom. The van der Waals surface area contributed by atoms with Crippen molar-refractivity contribution in [1.29, 1.82) is 0 Å². The standard InChI is InChI=1S/C15H24BrNO2/c1-4-8-17-11-12-10-13(16)5-6-14(12)19-9-7-15(2,3)18/h5-6,10,17-18H,4,7-9,11H2,1-3H3. The number of benzene rings is 1. The fourth-order valence-corrected chi connectivity index (χ4v) is 2.05. The van der Waals surface area contributed by atoms with Crippen LogP contribution < -0.4 is 10.1 Å². The van der Waals surface area contributed by atoms with Gasteiger partial charge in [0.15, 0.2) is 0 Å². The quantitative estimate of drug-likeness (QED) is 0.717. The lowest BCUT2D eigenvalue weighted by molar-refractivity contribution is 0.0552. The van der Waals surface area contributed by atoms with Gasteiger partial charge in [0.1, 0.15) is 5.75 Å². The number of hydrogen-bond acceptors (Lipinski definition) is 3. The maximum absolute atomic E-state index is 9.68. The lowest BCUT2D eigenvalue weighted by atomic mass is 10.1. The summed E-state index contributed by atoms with van der Waals surface area (Å²) < 4.78 is 6.83. The Hall–Kier alpha value is -0.580. The van der Waals surface area contributed by atoms with Gasteiger partial charge in [-0.05, 0) is 45.0 Å². The molecule has 1 aromatic rings. The van der Waals surface area contributed by atoms with Gasteiger partial charge in [0, 0.05) is 23.0 Å². The smallest absolute Gasteiger partial charge is 0.123 e. The third-order valence-corrected chi connectivity index (χ3v) is 3.23. The maximum Gasteiger partial charge on any atom is 0.123 e. The van der Waals surface area contributed by atoms with Crippen LogP contribution >= 0.6 is 15.9 Å². The molecule has 3 nitrogen and oxygen atoms in total. The average Bonchev–Trinajstić information content (AvgIpc) is 2.30. The van der Waals surface area contributed by atoms with E-state index in [0.717, 1.165) is 35.3 Å². The van der Waals surface area contributed by atoms with Crippen molar-refractivity contribution in [1.82, 2.24) is 5.32 Å². The monoisotopic (exact) mass is 329 g/mol. The van der Waals surface area contributed by atoms with E-state index >= 15 is 0 Å². The SMILES string of the molecule is CCCNCc1cc(Br)ccc1OCCC(C)(C)O. The van der Waals surface area contributed by atoms with E-state index in [4.69, 9.17) is 4.74 Å². The molecule has 0 heterocycles. The van der Waals surface area contributed by atoms with Crippen molar-refractivity contribution in [3.8, 4) is 5.75 Å². The van der Waals surface area contributed by atoms with Crippen LogP contribution in [0.2, 0.25) is 0 Å². The lowest BCUT2D eigenvalue weighted by Crippen LogP contribution is -2.22. The van der Waals surface area contributed by atoms with E-state index in [1.54, 1.807) is 13.8 Å². The number of halogens is 1. The third-order valence-electron chi connectivity index (χ3n) is 2.74. The lowest BCUT2D eigenvalue weighted by Gasteiger charge is -2.18. The highest BCUT2D eigenvalue weighted by Crippen LogP contribution is 2.24. The van der Waals surface area contributed by atoms with Gasteiger partial charge in [0.05, 0.1) is 12.2 Å². The Kier molecular flexibility index (Phi) is 6.83. The highest BCUT2D eigenvalue weighted by atomic mass is 79.9. The summed E-state index contributed by atoms with van der Waals surface area (Å²) >= 11 is 3.48. The second-order valence-corrected chi connectivity index (χ2v) is 6.26. The van der Waals surface area contributed by atoms with E-state index in [2.05, 4.69) is 34.2 Å². The molecule has 0 amide bonds. The van der Waals surface area contributed by atoms with Crippen molar-refractivity contribution >= 4 is 15.9 Å². The van der Waals surface area contributed by atoms with E-state index in [1.807, 2.05) is 12.1 Å². The van der Waals surface area contributed by atoms with E-state index < -0.39 is 5.60 Å². The zero-order chi connectivity index (χ0) is 14.3. The Bertz CT molecular complexity index is 388. The summed E-state index contributed by atoms with van der Waals surface area (Å²) in [6.45, 7) is 8.05. The first kappa shape index (κ1) is 16.5. The molecular weight excluding hydrogens is 306 g/mol. The molecule has 0 aliphatic rings. The van der Waals surface area contributed by atoms with Crippen molar-refractivity contribution < 1.29 is 9.84 Å². The zero-order valence-corrected chi connectivity index (χ0v) is 13.6. The van der Waals surface area contributed by atoms with Crippen molar-refractivity contribution in [2.75, 3.05) is 13.2 Å². The van der Waals surface area contributed by atoms with E-state index in [1.165, 1.54) is 0 Å². The topological polar surface area (TPSA) is 41.5 Å². The summed E-state index contributed by atoms with van der Waals surface area (Å²) in [5.41, 5.74) is 0.453. The normalized spacial score (nSPS) is 11.6. The molecule has 108 valence electrons. The molecule has 0 radical (unpaired) electrons. The van der Waals surface area contributed by atoms with Gasteiger partial charge in [-0.1, -0.05) is 22.9 Å². The molecule has 1 aromatic carbocycles. The summed E-state index contributed by atoms with van der Waals surface area (Å²) in [6.07, 6.45) is 1.73. The van der Waals surface area contributed by atoms with Crippen LogP contribution in [-0.4, -0.2) is 23.9 Å². The fourth-order valence-electron chi connectivity index (χ4n) is 1.64. The predicted molar refractivity (Wildman–Crippen MR) is 82.5 cm³/mol. The highest BCUT2D eigenvalue weighted by molar-refractivity contribution is 9.10. The van der Waals surface area contributed by atoms with Crippen molar-refractivity contribution in [3.05, 3.63) is 28.2 Å². The number of ether oxygens (including phenoxy) is 1. The highest BCUT2D eigenvalue weighted by Gasteiger charge is 2.13. The molecule has 0 atom stereocenters. The van der Waals surface area contributed by atoms with Gasteiger partial charge < -0.3 is 15.2 Å². The Morgan fingerprint density at radius 3 is 2.74 bits per heavy atom. The molecule has 0 spiro atoms. The molecule has 1 rings (SSSR count). The molecule has 0 bridgehead atoms. The summed E-state index contributed by atoms with van der Waals surface area (Å²) in [7, 11) is 0. The van der Waals surface area contributed by atoms with E-state index in [0.29, 0.717) is 13.0 Å². The molecule has 19 heavy (non-hydrogen) atoms. The minimum absolute atomic E-state index is 0.520. The zero-order valence-electron chi connectivity index (χ0n) is 12.0. The molecule has 0 fully saturated rings. The van der Waals surface area contributed by atoms with Crippen molar-refractivity contribution in [3.63, 3.8) is 0 Å². The Balaban J connectivity index is 2.60. The van der Waals surface area contributed by atoms with Gasteiger partial charge in [0.25, 0.3) is 0 Å². The second-order valence-electron chi connectivity index (χ2n) is 5.34. The number of rotatable bonds is 8. The molecule has 2 N–H and O–H groups in total. The van der Waals surface area contributed by atoms with Gasteiger partial charge in [-0.3, -0.25) is 0 Å². The van der Waals surface area contributed by atoms with Crippen LogP contribution in [0.4, 0.5) is 0 Å². The van der Waals surface area contributed by atoms with Gasteiger partial charge >= 0.3 is 0 Å². The first-order valence-electron chi connectivity index (χ1n) is 6.76. The molecule has 0 saturated heterocycles. The second kappa shape index (κ2) is 7.88. The summed E-state index contributed by atoms with van der Waals surface area (Å²) in [5.74, 6) is 0.885. The van der Waals surface area contributed by atoms with Crippen LogP contribution in [0, 0.1) is 0 Å². The van der Waals surface area contributed by atoms with Crippen LogP contribution in [-0.2, 0) is 6.54 Å². The number of nitrogens with one attached hydrogen (secondary N) is 1. The maximum atomic E-state index is 9.68. The van der Waals surface area contributed by atoms with E-state index in [9.17, 15) is 5.11 Å². The van der Waals surface area contributed by atoms with Crippen LogP contribution in [0.15, 0.2) is 22.7 Å². The fraction of sp³-hybridized carbons (Fsp3) is 0.600. The molecule has 4 heteroatoms. The average molecular weight is 330 g/mol. The largest absolute Gasteiger partial charge is 0.493 e. The summed E-state index contributed by atoms with van der Waals surface area (Å²) in [4.78, 5) is 0. The summed E-state index contributed by atoms with van der Waals surface area (Å²) in [5, 5.41) is 13.1. The molecule has 0 saturated carbocycles. The van der Waals surface area contributed by atoms with Gasteiger partial charge in [-0.2, -0.15) is 0 Å². The number of aliphatic hydroxyl groups is 1. The third kappa shape index (κ3) is 6.95. The Labute approximate surface area is 124 Å². The molecule has 0 aliphatic heterocycles. The van der Waals surface area contributed by atoms with Crippen molar-refractivity contribution in [2.24, 2.45) is 0 Å². The van der Waals surface area contributed by atoms with Crippen LogP contribution in [0.25, 0.3) is 0 Å². The van der Waals surface area contributed by atoms with Gasteiger partial charge in [0.2, 0.25) is 0 Å². The van der Waals surface area contributed by atoms with E-state index in [-0.39, 0.29) is 0 Å². The molecule has 0 aliphatic carbocycles. The van der Waals surface area contributed by atoms with Crippen molar-refractivity contribution in [2.45, 2.75) is 45.8 Å².